The summed E-state index contributed by atoms with van der Waals surface area (Å²) < 4.78 is 10.3. The highest BCUT2D eigenvalue weighted by molar-refractivity contribution is 6.30. The molecule has 29 heavy (non-hydrogen) atoms. The second-order valence-electron chi connectivity index (χ2n) is 7.23. The number of halogens is 1. The van der Waals surface area contributed by atoms with Gasteiger partial charge in [0.1, 0.15) is 6.61 Å². The van der Waals surface area contributed by atoms with E-state index in [4.69, 9.17) is 16.3 Å². The van der Waals surface area contributed by atoms with Gasteiger partial charge in [0.05, 0.1) is 6.54 Å². The third-order valence-electron chi connectivity index (χ3n) is 4.67. The maximum Gasteiger partial charge on any atom is 0.332 e. The average Bonchev–Trinajstić information content (AvgIpc) is 3.03. The van der Waals surface area contributed by atoms with Crippen LogP contribution in [0.5, 0.6) is 6.01 Å². The number of fused-ring (bicyclic) bond motifs is 1. The lowest BCUT2D eigenvalue weighted by atomic mass is 10.2. The Morgan fingerprint density at radius 3 is 2.45 bits per heavy atom. The van der Waals surface area contributed by atoms with Crippen LogP contribution in [0.3, 0.4) is 0 Å². The first-order valence-corrected chi connectivity index (χ1v) is 9.93. The van der Waals surface area contributed by atoms with Crippen LogP contribution in [0, 0.1) is 0 Å². The van der Waals surface area contributed by atoms with E-state index in [1.165, 1.54) is 9.13 Å². The second kappa shape index (κ2) is 8.84. The van der Waals surface area contributed by atoms with Crippen LogP contribution in [0.25, 0.3) is 11.2 Å². The van der Waals surface area contributed by atoms with Gasteiger partial charge in [-0.3, -0.25) is 18.5 Å². The predicted molar refractivity (Wildman–Crippen MR) is 114 cm³/mol. The van der Waals surface area contributed by atoms with Crippen LogP contribution in [-0.4, -0.2) is 50.8 Å². The first kappa shape index (κ1) is 21.1. The predicted octanol–water partition coefficient (Wildman–Crippen LogP) is 1.95. The van der Waals surface area contributed by atoms with E-state index in [2.05, 4.69) is 4.98 Å². The number of rotatable bonds is 8. The fraction of sp³-hybridized carbons (Fsp3) is 0.450. The zero-order chi connectivity index (χ0) is 21.1. The maximum absolute atomic E-state index is 13.2. The summed E-state index contributed by atoms with van der Waals surface area (Å²) in [7, 11) is 5.53. The normalized spacial score (nSPS) is 11.5. The number of imidazole rings is 1. The van der Waals surface area contributed by atoms with Crippen molar-refractivity contribution in [3.8, 4) is 6.01 Å². The zero-order valence-corrected chi connectivity index (χ0v) is 17.9. The van der Waals surface area contributed by atoms with Gasteiger partial charge in [-0.15, -0.1) is 0 Å². The van der Waals surface area contributed by atoms with E-state index in [1.807, 2.05) is 38.1 Å². The minimum Gasteiger partial charge on any atom is -0.463 e. The lowest BCUT2D eigenvalue weighted by Gasteiger charge is -2.13. The molecule has 3 rings (SSSR count). The molecule has 0 saturated carbocycles. The molecule has 2 aromatic heterocycles. The van der Waals surface area contributed by atoms with Crippen LogP contribution < -0.4 is 16.0 Å². The van der Waals surface area contributed by atoms with Gasteiger partial charge in [-0.2, -0.15) is 4.98 Å². The standard InChI is InChI=1S/C20H26ClN5O3/c1-5-10-25-18(27)16-17(24(4)20(25)28)22-19(29-12-11-23(2)3)26(16)13-14-6-8-15(21)9-7-14/h6-9H,5,10-13H2,1-4H3. The molecule has 8 nitrogen and oxygen atoms in total. The largest absolute Gasteiger partial charge is 0.463 e. The van der Waals surface area contributed by atoms with Gasteiger partial charge in [0.15, 0.2) is 11.2 Å². The molecule has 2 heterocycles. The fourth-order valence-corrected chi connectivity index (χ4v) is 3.25. The van der Waals surface area contributed by atoms with Crippen LogP contribution in [0.1, 0.15) is 18.9 Å². The number of aromatic nitrogens is 4. The maximum atomic E-state index is 13.2. The van der Waals surface area contributed by atoms with E-state index in [9.17, 15) is 9.59 Å². The molecule has 0 bridgehead atoms. The van der Waals surface area contributed by atoms with Crippen molar-refractivity contribution in [2.24, 2.45) is 7.05 Å². The highest BCUT2D eigenvalue weighted by atomic mass is 35.5. The van der Waals surface area contributed by atoms with Gasteiger partial charge >= 0.3 is 5.69 Å². The Labute approximate surface area is 173 Å². The summed E-state index contributed by atoms with van der Waals surface area (Å²) in [6.07, 6.45) is 0.679. The van der Waals surface area contributed by atoms with Crippen LogP contribution >= 0.6 is 11.6 Å². The molecule has 0 aliphatic rings. The second-order valence-corrected chi connectivity index (χ2v) is 7.67. The van der Waals surface area contributed by atoms with E-state index in [0.29, 0.717) is 54.9 Å². The number of ether oxygens (including phenoxy) is 1. The number of aryl methyl sites for hydroxylation is 1. The Hall–Kier alpha value is -2.58. The molecule has 0 unspecified atom stereocenters. The summed E-state index contributed by atoms with van der Waals surface area (Å²) in [6, 6.07) is 7.70. The topological polar surface area (TPSA) is 74.3 Å². The minimum absolute atomic E-state index is 0.318. The molecule has 3 aromatic rings. The van der Waals surface area contributed by atoms with Crippen molar-refractivity contribution in [1.82, 2.24) is 23.6 Å². The summed E-state index contributed by atoms with van der Waals surface area (Å²) in [5, 5.41) is 0.638. The van der Waals surface area contributed by atoms with Gasteiger partial charge in [-0.05, 0) is 38.2 Å². The average molecular weight is 420 g/mol. The van der Waals surface area contributed by atoms with Crippen molar-refractivity contribution in [2.75, 3.05) is 27.2 Å². The Bertz CT molecular complexity index is 1110. The van der Waals surface area contributed by atoms with Gasteiger partial charge in [0.25, 0.3) is 11.6 Å². The number of hydrogen-bond acceptors (Lipinski definition) is 5. The van der Waals surface area contributed by atoms with Gasteiger partial charge in [0.2, 0.25) is 0 Å². The smallest absolute Gasteiger partial charge is 0.332 e. The molecule has 0 atom stereocenters. The molecule has 0 fully saturated rings. The first-order chi connectivity index (χ1) is 13.8. The third-order valence-corrected chi connectivity index (χ3v) is 4.92. The highest BCUT2D eigenvalue weighted by Crippen LogP contribution is 2.20. The van der Waals surface area contributed by atoms with Gasteiger partial charge < -0.3 is 9.64 Å². The molecule has 0 aliphatic heterocycles. The highest BCUT2D eigenvalue weighted by Gasteiger charge is 2.21. The van der Waals surface area contributed by atoms with E-state index in [-0.39, 0.29) is 11.2 Å². The fourth-order valence-electron chi connectivity index (χ4n) is 3.12. The monoisotopic (exact) mass is 419 g/mol. The van der Waals surface area contributed by atoms with Crippen molar-refractivity contribution in [3.05, 3.63) is 55.7 Å². The molecule has 0 spiro atoms. The number of nitrogens with zero attached hydrogens (tertiary/aromatic N) is 5. The van der Waals surface area contributed by atoms with Crippen molar-refractivity contribution in [1.29, 1.82) is 0 Å². The molecule has 9 heteroatoms. The number of hydrogen-bond donors (Lipinski definition) is 0. The third kappa shape index (κ3) is 4.38. The van der Waals surface area contributed by atoms with Gasteiger partial charge in [0, 0.05) is 25.2 Å². The summed E-state index contributed by atoms with van der Waals surface area (Å²) in [5.74, 6) is 0. The van der Waals surface area contributed by atoms with E-state index in [0.717, 1.165) is 5.56 Å². The van der Waals surface area contributed by atoms with Crippen LogP contribution in [0.2, 0.25) is 5.02 Å². The van der Waals surface area contributed by atoms with Crippen LogP contribution in [0.4, 0.5) is 0 Å². The van der Waals surface area contributed by atoms with E-state index in [1.54, 1.807) is 23.7 Å². The molecule has 0 amide bonds. The van der Waals surface area contributed by atoms with E-state index < -0.39 is 0 Å². The van der Waals surface area contributed by atoms with Crippen molar-refractivity contribution < 1.29 is 4.74 Å². The lowest BCUT2D eigenvalue weighted by molar-refractivity contribution is 0.239. The van der Waals surface area contributed by atoms with Crippen LogP contribution in [0.15, 0.2) is 33.9 Å². The molecule has 0 aliphatic carbocycles. The molecule has 0 N–H and O–H groups in total. The van der Waals surface area contributed by atoms with Crippen LogP contribution in [-0.2, 0) is 20.1 Å². The Balaban J connectivity index is 2.18. The molecular weight excluding hydrogens is 394 g/mol. The number of likely N-dealkylation sites (N-methyl/N-ethyl adjacent to an activating group) is 1. The van der Waals surface area contributed by atoms with Crippen molar-refractivity contribution in [2.45, 2.75) is 26.4 Å². The molecule has 0 saturated heterocycles. The molecular formula is C20H26ClN5O3. The van der Waals surface area contributed by atoms with Gasteiger partial charge in [-0.1, -0.05) is 30.7 Å². The summed E-state index contributed by atoms with van der Waals surface area (Å²) in [5.41, 5.74) is 0.896. The zero-order valence-electron chi connectivity index (χ0n) is 17.2. The SMILES string of the molecule is CCCn1c(=O)c2c(nc(OCCN(C)C)n2Cc2ccc(Cl)cc2)n(C)c1=O. The van der Waals surface area contributed by atoms with E-state index >= 15 is 0 Å². The Kier molecular flexibility index (Phi) is 6.44. The summed E-state index contributed by atoms with van der Waals surface area (Å²) in [6.45, 7) is 3.77. The molecule has 1 aromatic carbocycles. The summed E-state index contributed by atoms with van der Waals surface area (Å²) >= 11 is 6.00. The summed E-state index contributed by atoms with van der Waals surface area (Å²) in [4.78, 5) is 32.3. The number of benzene rings is 1. The van der Waals surface area contributed by atoms with Crippen molar-refractivity contribution in [3.63, 3.8) is 0 Å². The van der Waals surface area contributed by atoms with Crippen molar-refractivity contribution >= 4 is 22.8 Å². The quantitative estimate of drug-likeness (QED) is 0.558. The van der Waals surface area contributed by atoms with Gasteiger partial charge in [-0.25, -0.2) is 4.79 Å². The molecule has 156 valence electrons. The minimum atomic E-state index is -0.375. The lowest BCUT2D eigenvalue weighted by Crippen LogP contribution is -2.39. The Morgan fingerprint density at radius 1 is 1.14 bits per heavy atom. The molecule has 0 radical (unpaired) electrons. The Morgan fingerprint density at radius 2 is 1.83 bits per heavy atom. The first-order valence-electron chi connectivity index (χ1n) is 9.55.